The first-order valence-corrected chi connectivity index (χ1v) is 9.52. The highest BCUT2D eigenvalue weighted by molar-refractivity contribution is 6.01. The summed E-state index contributed by atoms with van der Waals surface area (Å²) in [6.07, 6.45) is 3.36. The molecule has 0 aliphatic rings. The van der Waals surface area contributed by atoms with Gasteiger partial charge in [0.15, 0.2) is 5.82 Å². The highest BCUT2D eigenvalue weighted by atomic mass is 16.3. The Labute approximate surface area is 169 Å². The molecule has 0 aliphatic carbocycles. The van der Waals surface area contributed by atoms with Crippen LogP contribution in [0, 0.1) is 0 Å². The molecule has 0 atom stereocenters. The molecule has 0 spiro atoms. The molecule has 146 valence electrons. The van der Waals surface area contributed by atoms with Crippen molar-refractivity contribution < 1.29 is 9.21 Å². The largest absolute Gasteiger partial charge is 0.465 e. The number of furan rings is 1. The van der Waals surface area contributed by atoms with Crippen molar-refractivity contribution >= 4 is 28.7 Å². The third kappa shape index (κ3) is 4.14. The van der Waals surface area contributed by atoms with Gasteiger partial charge in [-0.05, 0) is 47.4 Å². The lowest BCUT2D eigenvalue weighted by Gasteiger charge is -2.19. The number of carbonyl (C=O) groups is 1. The van der Waals surface area contributed by atoms with Crippen molar-refractivity contribution in [2.45, 2.75) is 26.2 Å². The van der Waals surface area contributed by atoms with Gasteiger partial charge in [-0.3, -0.25) is 4.79 Å². The van der Waals surface area contributed by atoms with Crippen LogP contribution < -0.4 is 5.32 Å². The standard InChI is InChI=1S/C24H23N3O2/c1-24(2,3)17-12-10-16(11-13-17)23(28)27-21(15-18-7-6-14-29-18)22-25-19-8-4-5-9-20(19)26-22/h4-15H,1-3H3,(H,25,26)(H,27,28). The van der Waals surface area contributed by atoms with Gasteiger partial charge in [-0.25, -0.2) is 4.98 Å². The van der Waals surface area contributed by atoms with Crippen LogP contribution in [0.15, 0.2) is 71.3 Å². The molecule has 4 rings (SSSR count). The van der Waals surface area contributed by atoms with Crippen LogP contribution in [0.1, 0.15) is 48.3 Å². The number of hydrogen-bond donors (Lipinski definition) is 2. The topological polar surface area (TPSA) is 70.9 Å². The molecule has 0 aliphatic heterocycles. The monoisotopic (exact) mass is 385 g/mol. The summed E-state index contributed by atoms with van der Waals surface area (Å²) in [5.41, 5.74) is 4.07. The fourth-order valence-corrected chi connectivity index (χ4v) is 3.08. The van der Waals surface area contributed by atoms with Crippen molar-refractivity contribution in [1.82, 2.24) is 15.3 Å². The Morgan fingerprint density at radius 3 is 2.45 bits per heavy atom. The lowest BCUT2D eigenvalue weighted by atomic mass is 9.87. The molecule has 2 aromatic heterocycles. The number of para-hydroxylation sites is 2. The lowest BCUT2D eigenvalue weighted by molar-refractivity contribution is 0.0973. The molecule has 0 bridgehead atoms. The van der Waals surface area contributed by atoms with E-state index in [0.717, 1.165) is 11.0 Å². The van der Waals surface area contributed by atoms with Crippen LogP contribution in [0.3, 0.4) is 0 Å². The summed E-state index contributed by atoms with van der Waals surface area (Å²) >= 11 is 0. The minimum absolute atomic E-state index is 0.0353. The normalized spacial score (nSPS) is 12.3. The maximum atomic E-state index is 12.9. The van der Waals surface area contributed by atoms with Gasteiger partial charge in [0.2, 0.25) is 0 Å². The number of H-pyrrole nitrogens is 1. The number of nitrogens with zero attached hydrogens (tertiary/aromatic N) is 1. The molecular weight excluding hydrogens is 362 g/mol. The summed E-state index contributed by atoms with van der Waals surface area (Å²) in [7, 11) is 0. The first kappa shape index (κ1) is 18.7. The summed E-state index contributed by atoms with van der Waals surface area (Å²) in [6.45, 7) is 6.44. The van der Waals surface area contributed by atoms with Gasteiger partial charge in [0.1, 0.15) is 5.76 Å². The summed E-state index contributed by atoms with van der Waals surface area (Å²) in [4.78, 5) is 20.8. The highest BCUT2D eigenvalue weighted by Crippen LogP contribution is 2.23. The molecule has 0 saturated heterocycles. The van der Waals surface area contributed by atoms with Gasteiger partial charge < -0.3 is 14.7 Å². The Morgan fingerprint density at radius 2 is 1.79 bits per heavy atom. The second-order valence-corrected chi connectivity index (χ2v) is 7.96. The molecular formula is C24H23N3O2. The Balaban J connectivity index is 1.66. The van der Waals surface area contributed by atoms with Crippen LogP contribution in [0.4, 0.5) is 0 Å². The zero-order valence-corrected chi connectivity index (χ0v) is 16.7. The number of carbonyl (C=O) groups excluding carboxylic acids is 1. The van der Waals surface area contributed by atoms with Gasteiger partial charge in [-0.2, -0.15) is 0 Å². The van der Waals surface area contributed by atoms with Crippen molar-refractivity contribution in [2.75, 3.05) is 0 Å². The zero-order chi connectivity index (χ0) is 20.4. The summed E-state index contributed by atoms with van der Waals surface area (Å²) in [6, 6.07) is 19.0. The predicted molar refractivity (Wildman–Crippen MR) is 115 cm³/mol. The van der Waals surface area contributed by atoms with Crippen molar-refractivity contribution in [3.8, 4) is 0 Å². The van der Waals surface area contributed by atoms with E-state index in [-0.39, 0.29) is 11.3 Å². The molecule has 5 heteroatoms. The van der Waals surface area contributed by atoms with E-state index in [4.69, 9.17) is 4.42 Å². The van der Waals surface area contributed by atoms with Crippen LogP contribution in [0.5, 0.6) is 0 Å². The first-order valence-electron chi connectivity index (χ1n) is 9.52. The molecule has 2 N–H and O–H groups in total. The van der Waals surface area contributed by atoms with E-state index in [1.165, 1.54) is 5.56 Å². The lowest BCUT2D eigenvalue weighted by Crippen LogP contribution is -2.22. The van der Waals surface area contributed by atoms with Gasteiger partial charge in [-0.15, -0.1) is 0 Å². The zero-order valence-electron chi connectivity index (χ0n) is 16.7. The molecule has 2 aromatic carbocycles. The molecule has 0 unspecified atom stereocenters. The number of hydrogen-bond acceptors (Lipinski definition) is 3. The number of nitrogens with one attached hydrogen (secondary N) is 2. The summed E-state index contributed by atoms with van der Waals surface area (Å²) < 4.78 is 5.43. The van der Waals surface area contributed by atoms with Gasteiger partial charge in [0.05, 0.1) is 23.0 Å². The SMILES string of the molecule is CC(C)(C)c1ccc(C(=O)NC(=Cc2ccco2)c2nc3ccccc3[nH]2)cc1. The molecule has 4 aromatic rings. The second-order valence-electron chi connectivity index (χ2n) is 7.96. The van der Waals surface area contributed by atoms with Crippen LogP contribution in [0.25, 0.3) is 22.8 Å². The number of aromatic nitrogens is 2. The van der Waals surface area contributed by atoms with Crippen molar-refractivity contribution in [3.63, 3.8) is 0 Å². The van der Waals surface area contributed by atoms with Crippen molar-refractivity contribution in [3.05, 3.63) is 89.6 Å². The fraction of sp³-hybridized carbons (Fsp3) is 0.167. The van der Waals surface area contributed by atoms with E-state index < -0.39 is 0 Å². The average molecular weight is 385 g/mol. The first-order chi connectivity index (χ1) is 13.9. The van der Waals surface area contributed by atoms with E-state index in [0.29, 0.717) is 22.8 Å². The van der Waals surface area contributed by atoms with Gasteiger partial charge >= 0.3 is 0 Å². The third-order valence-electron chi connectivity index (χ3n) is 4.74. The molecule has 2 heterocycles. The third-order valence-corrected chi connectivity index (χ3v) is 4.74. The quantitative estimate of drug-likeness (QED) is 0.495. The number of rotatable bonds is 4. The van der Waals surface area contributed by atoms with Gasteiger partial charge in [-0.1, -0.05) is 45.0 Å². The van der Waals surface area contributed by atoms with E-state index in [1.54, 1.807) is 18.4 Å². The Hall–Kier alpha value is -3.60. The summed E-state index contributed by atoms with van der Waals surface area (Å²) in [5.74, 6) is 0.995. The molecule has 29 heavy (non-hydrogen) atoms. The molecule has 0 radical (unpaired) electrons. The number of fused-ring (bicyclic) bond motifs is 1. The van der Waals surface area contributed by atoms with Crippen molar-refractivity contribution in [1.29, 1.82) is 0 Å². The molecule has 0 saturated carbocycles. The molecule has 0 fully saturated rings. The fourth-order valence-electron chi connectivity index (χ4n) is 3.08. The highest BCUT2D eigenvalue weighted by Gasteiger charge is 2.16. The Bertz CT molecular complexity index is 1130. The second kappa shape index (κ2) is 7.43. The van der Waals surface area contributed by atoms with Crippen LogP contribution in [-0.2, 0) is 5.41 Å². The minimum atomic E-state index is -0.205. The van der Waals surface area contributed by atoms with Gasteiger partial charge in [0.25, 0.3) is 5.91 Å². The van der Waals surface area contributed by atoms with E-state index in [2.05, 4.69) is 36.1 Å². The number of aromatic amines is 1. The smallest absolute Gasteiger partial charge is 0.255 e. The molecule has 5 nitrogen and oxygen atoms in total. The Morgan fingerprint density at radius 1 is 1.03 bits per heavy atom. The molecule has 1 amide bonds. The number of benzene rings is 2. The Kier molecular flexibility index (Phi) is 4.80. The van der Waals surface area contributed by atoms with Gasteiger partial charge in [0, 0.05) is 11.6 Å². The summed E-state index contributed by atoms with van der Waals surface area (Å²) in [5, 5.41) is 2.98. The maximum absolute atomic E-state index is 12.9. The van der Waals surface area contributed by atoms with E-state index in [1.807, 2.05) is 54.6 Å². The number of imidazole rings is 1. The van der Waals surface area contributed by atoms with Crippen molar-refractivity contribution in [2.24, 2.45) is 0 Å². The average Bonchev–Trinajstić information content (AvgIpc) is 3.36. The van der Waals surface area contributed by atoms with Crippen LogP contribution in [0.2, 0.25) is 0 Å². The van der Waals surface area contributed by atoms with Crippen LogP contribution >= 0.6 is 0 Å². The number of amides is 1. The maximum Gasteiger partial charge on any atom is 0.255 e. The van der Waals surface area contributed by atoms with E-state index in [9.17, 15) is 4.79 Å². The van der Waals surface area contributed by atoms with Crippen LogP contribution in [-0.4, -0.2) is 15.9 Å². The predicted octanol–water partition coefficient (Wildman–Crippen LogP) is 5.38. The van der Waals surface area contributed by atoms with E-state index >= 15 is 0 Å². The minimum Gasteiger partial charge on any atom is -0.465 e.